The zero-order valence-corrected chi connectivity index (χ0v) is 13.9. The monoisotopic (exact) mass is 318 g/mol. The van der Waals surface area contributed by atoms with Crippen LogP contribution in [0, 0.1) is 0 Å². The summed E-state index contributed by atoms with van der Waals surface area (Å²) in [5.74, 6) is 0.766. The molecule has 0 aliphatic rings. The lowest BCUT2D eigenvalue weighted by Gasteiger charge is -2.19. The first-order chi connectivity index (χ1) is 11.8. The number of ether oxygens (including phenoxy) is 1. The molecule has 2 heteroatoms. The third-order valence-electron chi connectivity index (χ3n) is 4.10. The molecule has 0 radical (unpaired) electrons. The van der Waals surface area contributed by atoms with Gasteiger partial charge in [-0.05, 0) is 17.5 Å². The first-order valence-corrected chi connectivity index (χ1v) is 8.32. The second-order valence-electron chi connectivity index (χ2n) is 5.79. The molecule has 3 rings (SSSR count). The Morgan fingerprint density at radius 2 is 1.50 bits per heavy atom. The quantitative estimate of drug-likeness (QED) is 0.661. The maximum atomic E-state index is 10.4. The Hall–Kier alpha value is -2.58. The van der Waals surface area contributed by atoms with Crippen molar-refractivity contribution in [3.8, 4) is 16.9 Å². The Kier molecular flexibility index (Phi) is 5.29. The first-order valence-electron chi connectivity index (χ1n) is 8.32. The molecule has 1 unspecified atom stereocenters. The van der Waals surface area contributed by atoms with Gasteiger partial charge in [-0.15, -0.1) is 0 Å². The third-order valence-corrected chi connectivity index (χ3v) is 4.10. The Bertz CT molecular complexity index is 766. The average Bonchev–Trinajstić information content (AvgIpc) is 2.67. The highest BCUT2D eigenvalue weighted by Crippen LogP contribution is 2.37. The number of benzene rings is 3. The van der Waals surface area contributed by atoms with Crippen LogP contribution in [0.1, 0.15) is 30.6 Å². The van der Waals surface area contributed by atoms with Crippen LogP contribution in [0.2, 0.25) is 0 Å². The number of hydrogen-bond donors (Lipinski definition) is 1. The van der Waals surface area contributed by atoms with Crippen molar-refractivity contribution in [3.05, 3.63) is 90.0 Å². The summed E-state index contributed by atoms with van der Waals surface area (Å²) >= 11 is 0. The fraction of sp³-hybridized carbons (Fsp3) is 0.182. The van der Waals surface area contributed by atoms with Gasteiger partial charge in [-0.3, -0.25) is 0 Å². The van der Waals surface area contributed by atoms with Gasteiger partial charge < -0.3 is 9.84 Å². The predicted molar refractivity (Wildman–Crippen MR) is 97.9 cm³/mol. The van der Waals surface area contributed by atoms with E-state index in [0.29, 0.717) is 13.0 Å². The molecule has 0 aliphatic heterocycles. The van der Waals surface area contributed by atoms with E-state index in [0.717, 1.165) is 28.0 Å². The van der Waals surface area contributed by atoms with Crippen LogP contribution in [0.5, 0.6) is 5.75 Å². The molecule has 0 fully saturated rings. The van der Waals surface area contributed by atoms with Gasteiger partial charge in [0.15, 0.2) is 0 Å². The van der Waals surface area contributed by atoms with Crippen LogP contribution in [-0.2, 0) is 6.61 Å². The van der Waals surface area contributed by atoms with Gasteiger partial charge in [-0.1, -0.05) is 85.8 Å². The van der Waals surface area contributed by atoms with Gasteiger partial charge in [0.2, 0.25) is 0 Å². The lowest BCUT2D eigenvalue weighted by Crippen LogP contribution is -2.04. The van der Waals surface area contributed by atoms with Gasteiger partial charge in [0.25, 0.3) is 0 Å². The molecule has 0 saturated heterocycles. The molecule has 1 N–H and O–H groups in total. The summed E-state index contributed by atoms with van der Waals surface area (Å²) in [5, 5.41) is 10.4. The molecule has 0 spiro atoms. The van der Waals surface area contributed by atoms with Crippen LogP contribution in [0.25, 0.3) is 11.1 Å². The van der Waals surface area contributed by atoms with E-state index in [1.54, 1.807) is 0 Å². The highest BCUT2D eigenvalue weighted by atomic mass is 16.5. The molecule has 0 bridgehead atoms. The smallest absolute Gasteiger partial charge is 0.133 e. The van der Waals surface area contributed by atoms with Gasteiger partial charge in [0, 0.05) is 11.1 Å². The second kappa shape index (κ2) is 7.80. The van der Waals surface area contributed by atoms with Crippen molar-refractivity contribution in [2.24, 2.45) is 0 Å². The molecule has 24 heavy (non-hydrogen) atoms. The molecule has 0 aromatic heterocycles. The molecule has 2 nitrogen and oxygen atoms in total. The minimum atomic E-state index is -0.528. The van der Waals surface area contributed by atoms with Crippen molar-refractivity contribution in [1.29, 1.82) is 0 Å². The fourth-order valence-corrected chi connectivity index (χ4v) is 2.77. The Balaban J connectivity index is 1.99. The highest BCUT2D eigenvalue weighted by Gasteiger charge is 2.16. The van der Waals surface area contributed by atoms with Crippen LogP contribution in [-0.4, -0.2) is 5.11 Å². The van der Waals surface area contributed by atoms with Crippen molar-refractivity contribution in [2.75, 3.05) is 0 Å². The van der Waals surface area contributed by atoms with Crippen molar-refractivity contribution in [1.82, 2.24) is 0 Å². The zero-order valence-electron chi connectivity index (χ0n) is 13.9. The van der Waals surface area contributed by atoms with E-state index in [4.69, 9.17) is 4.74 Å². The SMILES string of the molecule is CCC(O)c1cccc(-c2ccccc2)c1OCc1ccccc1. The van der Waals surface area contributed by atoms with Crippen LogP contribution < -0.4 is 4.74 Å². The lowest BCUT2D eigenvalue weighted by atomic mass is 9.98. The first kappa shape index (κ1) is 16.3. The van der Waals surface area contributed by atoms with Crippen molar-refractivity contribution in [2.45, 2.75) is 26.1 Å². The molecule has 0 heterocycles. The van der Waals surface area contributed by atoms with E-state index in [9.17, 15) is 5.11 Å². The Morgan fingerprint density at radius 1 is 0.833 bits per heavy atom. The van der Waals surface area contributed by atoms with Crippen LogP contribution in [0.3, 0.4) is 0 Å². The summed E-state index contributed by atoms with van der Waals surface area (Å²) < 4.78 is 6.17. The largest absolute Gasteiger partial charge is 0.488 e. The van der Waals surface area contributed by atoms with Crippen LogP contribution >= 0.6 is 0 Å². The summed E-state index contributed by atoms with van der Waals surface area (Å²) in [6.07, 6.45) is 0.124. The van der Waals surface area contributed by atoms with Crippen molar-refractivity contribution in [3.63, 3.8) is 0 Å². The van der Waals surface area contributed by atoms with Gasteiger partial charge in [-0.2, -0.15) is 0 Å². The molecular weight excluding hydrogens is 296 g/mol. The van der Waals surface area contributed by atoms with E-state index in [1.165, 1.54) is 0 Å². The minimum absolute atomic E-state index is 0.480. The molecular formula is C22H22O2. The van der Waals surface area contributed by atoms with Crippen molar-refractivity contribution < 1.29 is 9.84 Å². The van der Waals surface area contributed by atoms with Crippen LogP contribution in [0.4, 0.5) is 0 Å². The second-order valence-corrected chi connectivity index (χ2v) is 5.79. The Morgan fingerprint density at radius 3 is 2.17 bits per heavy atom. The summed E-state index contributed by atoms with van der Waals surface area (Å²) in [6, 6.07) is 26.2. The normalized spacial score (nSPS) is 11.9. The summed E-state index contributed by atoms with van der Waals surface area (Å²) in [5.41, 5.74) is 4.05. The van der Waals surface area contributed by atoms with E-state index in [2.05, 4.69) is 12.1 Å². The topological polar surface area (TPSA) is 29.5 Å². The molecule has 3 aromatic carbocycles. The number of hydrogen-bond acceptors (Lipinski definition) is 2. The van der Waals surface area contributed by atoms with Gasteiger partial charge in [0.1, 0.15) is 12.4 Å². The summed E-state index contributed by atoms with van der Waals surface area (Å²) in [4.78, 5) is 0. The molecule has 0 amide bonds. The Labute approximate surface area is 143 Å². The fourth-order valence-electron chi connectivity index (χ4n) is 2.77. The minimum Gasteiger partial charge on any atom is -0.488 e. The van der Waals surface area contributed by atoms with Crippen LogP contribution in [0.15, 0.2) is 78.9 Å². The molecule has 122 valence electrons. The van der Waals surface area contributed by atoms with Crippen molar-refractivity contribution >= 4 is 0 Å². The molecule has 3 aromatic rings. The molecule has 0 aliphatic carbocycles. The number of aliphatic hydroxyl groups excluding tert-OH is 1. The maximum absolute atomic E-state index is 10.4. The number of aliphatic hydroxyl groups is 1. The maximum Gasteiger partial charge on any atom is 0.133 e. The zero-order chi connectivity index (χ0) is 16.8. The standard InChI is InChI=1S/C22H22O2/c1-2-21(23)20-15-9-14-19(18-12-7-4-8-13-18)22(20)24-16-17-10-5-3-6-11-17/h3-15,21,23H,2,16H2,1H3. The van der Waals surface area contributed by atoms with E-state index < -0.39 is 6.10 Å². The van der Waals surface area contributed by atoms with Gasteiger partial charge in [0.05, 0.1) is 6.10 Å². The summed E-state index contributed by atoms with van der Waals surface area (Å²) in [7, 11) is 0. The third kappa shape index (κ3) is 3.66. The number of para-hydroxylation sites is 1. The average molecular weight is 318 g/mol. The van der Waals surface area contributed by atoms with Gasteiger partial charge in [-0.25, -0.2) is 0 Å². The number of rotatable bonds is 6. The molecule has 0 saturated carbocycles. The lowest BCUT2D eigenvalue weighted by molar-refractivity contribution is 0.166. The summed E-state index contributed by atoms with van der Waals surface area (Å²) in [6.45, 7) is 2.45. The van der Waals surface area contributed by atoms with E-state index in [-0.39, 0.29) is 0 Å². The van der Waals surface area contributed by atoms with E-state index in [1.807, 2.05) is 73.7 Å². The molecule has 1 atom stereocenters. The highest BCUT2D eigenvalue weighted by molar-refractivity contribution is 5.72. The predicted octanol–water partition coefficient (Wildman–Crippen LogP) is 5.38. The van der Waals surface area contributed by atoms with E-state index >= 15 is 0 Å². The van der Waals surface area contributed by atoms with Gasteiger partial charge >= 0.3 is 0 Å².